The Hall–Kier alpha value is -2.47. The first-order valence-electron chi connectivity index (χ1n) is 5.79. The van der Waals surface area contributed by atoms with E-state index in [1.165, 1.54) is 17.4 Å². The second-order valence-corrected chi connectivity index (χ2v) is 4.87. The van der Waals surface area contributed by atoms with E-state index in [1.807, 2.05) is 0 Å². The van der Waals surface area contributed by atoms with Crippen molar-refractivity contribution in [2.75, 3.05) is 5.32 Å². The highest BCUT2D eigenvalue weighted by Gasteiger charge is 2.11. The van der Waals surface area contributed by atoms with Crippen molar-refractivity contribution in [1.29, 1.82) is 0 Å². The van der Waals surface area contributed by atoms with E-state index in [-0.39, 0.29) is 5.91 Å². The molecule has 0 radical (unpaired) electrons. The van der Waals surface area contributed by atoms with E-state index in [9.17, 15) is 9.59 Å². The number of rotatable bonds is 4. The average molecular weight is 288 g/mol. The Kier molecular flexibility index (Phi) is 4.27. The normalized spacial score (nSPS) is 10.7. The molecule has 2 aromatic rings. The number of nitrogens with one attached hydrogen (secondary N) is 1. The van der Waals surface area contributed by atoms with Gasteiger partial charge in [0.1, 0.15) is 4.88 Å². The van der Waals surface area contributed by atoms with E-state index in [4.69, 9.17) is 5.11 Å². The van der Waals surface area contributed by atoms with Gasteiger partial charge < -0.3 is 10.4 Å². The van der Waals surface area contributed by atoms with E-state index in [0.29, 0.717) is 16.3 Å². The van der Waals surface area contributed by atoms with Gasteiger partial charge in [0, 0.05) is 11.8 Å². The van der Waals surface area contributed by atoms with Crippen molar-refractivity contribution in [2.24, 2.45) is 0 Å². The third kappa shape index (κ3) is 3.52. The van der Waals surface area contributed by atoms with Gasteiger partial charge in [0.25, 0.3) is 5.91 Å². The van der Waals surface area contributed by atoms with Crippen LogP contribution in [0, 0.1) is 6.92 Å². The Bertz CT molecular complexity index is 659. The number of hydrogen-bond donors (Lipinski definition) is 2. The molecular weight excluding hydrogens is 276 g/mol. The summed E-state index contributed by atoms with van der Waals surface area (Å²) in [5.74, 6) is -1.19. The molecule has 1 amide bonds. The van der Waals surface area contributed by atoms with Gasteiger partial charge in [-0.15, -0.1) is 11.3 Å². The molecule has 0 saturated heterocycles. The average Bonchev–Trinajstić information content (AvgIpc) is 2.84. The SMILES string of the molecule is Cc1ncsc1C(=O)Nc1ccc(/C=C/C(=O)O)cc1. The lowest BCUT2D eigenvalue weighted by molar-refractivity contribution is -0.131. The van der Waals surface area contributed by atoms with Gasteiger partial charge >= 0.3 is 5.97 Å². The number of aliphatic carboxylic acids is 1. The number of benzene rings is 1. The fourth-order valence-corrected chi connectivity index (χ4v) is 2.25. The number of aromatic nitrogens is 1. The van der Waals surface area contributed by atoms with Crippen LogP contribution in [0.3, 0.4) is 0 Å². The summed E-state index contributed by atoms with van der Waals surface area (Å²) in [6, 6.07) is 6.90. The molecule has 0 atom stereocenters. The molecular formula is C14H12N2O3S. The number of amides is 1. The van der Waals surface area contributed by atoms with Gasteiger partial charge in [0.15, 0.2) is 0 Å². The summed E-state index contributed by atoms with van der Waals surface area (Å²) in [5.41, 5.74) is 3.73. The van der Waals surface area contributed by atoms with E-state index in [2.05, 4.69) is 10.3 Å². The topological polar surface area (TPSA) is 79.3 Å². The Labute approximate surface area is 119 Å². The molecule has 0 aliphatic carbocycles. The summed E-state index contributed by atoms with van der Waals surface area (Å²) >= 11 is 1.29. The number of carbonyl (C=O) groups excluding carboxylic acids is 1. The number of carbonyl (C=O) groups is 2. The number of thiazole rings is 1. The van der Waals surface area contributed by atoms with Crippen LogP contribution in [0.2, 0.25) is 0 Å². The summed E-state index contributed by atoms with van der Waals surface area (Å²) in [5, 5.41) is 11.3. The summed E-state index contributed by atoms with van der Waals surface area (Å²) in [6.07, 6.45) is 2.55. The molecule has 0 saturated carbocycles. The molecule has 0 bridgehead atoms. The third-order valence-electron chi connectivity index (χ3n) is 2.54. The molecule has 102 valence electrons. The van der Waals surface area contributed by atoms with E-state index < -0.39 is 5.97 Å². The zero-order valence-corrected chi connectivity index (χ0v) is 11.5. The molecule has 0 spiro atoms. The van der Waals surface area contributed by atoms with Crippen molar-refractivity contribution < 1.29 is 14.7 Å². The molecule has 1 aromatic heterocycles. The number of nitrogens with zero attached hydrogens (tertiary/aromatic N) is 1. The zero-order chi connectivity index (χ0) is 14.5. The maximum Gasteiger partial charge on any atom is 0.328 e. The lowest BCUT2D eigenvalue weighted by Crippen LogP contribution is -2.11. The minimum atomic E-state index is -0.997. The first kappa shape index (κ1) is 14.0. The van der Waals surface area contributed by atoms with Crippen LogP contribution < -0.4 is 5.32 Å². The minimum absolute atomic E-state index is 0.196. The molecule has 1 heterocycles. The van der Waals surface area contributed by atoms with E-state index >= 15 is 0 Å². The van der Waals surface area contributed by atoms with Gasteiger partial charge in [-0.3, -0.25) is 4.79 Å². The number of hydrogen-bond acceptors (Lipinski definition) is 4. The molecule has 2 rings (SSSR count). The lowest BCUT2D eigenvalue weighted by Gasteiger charge is -2.04. The van der Waals surface area contributed by atoms with Crippen LogP contribution in [-0.2, 0) is 4.79 Å². The van der Waals surface area contributed by atoms with E-state index in [0.717, 1.165) is 11.6 Å². The second kappa shape index (κ2) is 6.12. The number of anilines is 1. The predicted molar refractivity (Wildman–Crippen MR) is 77.9 cm³/mol. The molecule has 0 fully saturated rings. The van der Waals surface area contributed by atoms with Crippen LogP contribution in [0.4, 0.5) is 5.69 Å². The van der Waals surface area contributed by atoms with Crippen molar-refractivity contribution in [3.8, 4) is 0 Å². The summed E-state index contributed by atoms with van der Waals surface area (Å²) < 4.78 is 0. The molecule has 1 aromatic carbocycles. The number of aryl methyl sites for hydroxylation is 1. The van der Waals surface area contributed by atoms with Gasteiger partial charge in [-0.2, -0.15) is 0 Å². The van der Waals surface area contributed by atoms with Crippen molar-refractivity contribution in [3.05, 3.63) is 52.0 Å². The molecule has 2 N–H and O–H groups in total. The number of carboxylic acid groups (broad SMARTS) is 1. The first-order chi connectivity index (χ1) is 9.56. The highest BCUT2D eigenvalue weighted by Crippen LogP contribution is 2.16. The van der Waals surface area contributed by atoms with Crippen LogP contribution in [0.5, 0.6) is 0 Å². The summed E-state index contributed by atoms with van der Waals surface area (Å²) in [4.78, 5) is 27.0. The van der Waals surface area contributed by atoms with Crippen LogP contribution in [-0.4, -0.2) is 22.0 Å². The molecule has 0 unspecified atom stereocenters. The highest BCUT2D eigenvalue weighted by atomic mass is 32.1. The Morgan fingerprint density at radius 1 is 1.30 bits per heavy atom. The van der Waals surface area contributed by atoms with Gasteiger partial charge in [0.2, 0.25) is 0 Å². The maximum atomic E-state index is 12.0. The Balaban J connectivity index is 2.06. The van der Waals surface area contributed by atoms with Gasteiger partial charge in [-0.25, -0.2) is 9.78 Å². The van der Waals surface area contributed by atoms with Crippen LogP contribution in [0.15, 0.2) is 35.9 Å². The molecule has 0 aliphatic heterocycles. The summed E-state index contributed by atoms with van der Waals surface area (Å²) in [7, 11) is 0. The quantitative estimate of drug-likeness (QED) is 0.848. The molecule has 0 aliphatic rings. The zero-order valence-electron chi connectivity index (χ0n) is 10.7. The molecule has 6 heteroatoms. The van der Waals surface area contributed by atoms with Crippen molar-refractivity contribution in [3.63, 3.8) is 0 Å². The highest BCUT2D eigenvalue weighted by molar-refractivity contribution is 7.12. The number of carboxylic acids is 1. The summed E-state index contributed by atoms with van der Waals surface area (Å²) in [6.45, 7) is 1.78. The largest absolute Gasteiger partial charge is 0.478 e. The first-order valence-corrected chi connectivity index (χ1v) is 6.67. The minimum Gasteiger partial charge on any atom is -0.478 e. The predicted octanol–water partition coefficient (Wildman–Crippen LogP) is 2.80. The van der Waals surface area contributed by atoms with Crippen molar-refractivity contribution in [1.82, 2.24) is 4.98 Å². The fourth-order valence-electron chi connectivity index (χ4n) is 1.55. The Morgan fingerprint density at radius 3 is 2.55 bits per heavy atom. The van der Waals surface area contributed by atoms with Crippen LogP contribution >= 0.6 is 11.3 Å². The van der Waals surface area contributed by atoms with Gasteiger partial charge in [0.05, 0.1) is 11.2 Å². The monoisotopic (exact) mass is 288 g/mol. The van der Waals surface area contributed by atoms with Gasteiger partial charge in [-0.1, -0.05) is 12.1 Å². The molecule has 5 nitrogen and oxygen atoms in total. The third-order valence-corrected chi connectivity index (χ3v) is 3.47. The standard InChI is InChI=1S/C14H12N2O3S/c1-9-13(20-8-15-9)14(19)16-11-5-2-10(3-6-11)4-7-12(17)18/h2-8H,1H3,(H,16,19)(H,17,18)/b7-4+. The van der Waals surface area contributed by atoms with Gasteiger partial charge in [-0.05, 0) is 30.7 Å². The smallest absolute Gasteiger partial charge is 0.328 e. The Morgan fingerprint density at radius 2 is 2.00 bits per heavy atom. The van der Waals surface area contributed by atoms with Crippen LogP contribution in [0.1, 0.15) is 20.9 Å². The lowest BCUT2D eigenvalue weighted by atomic mass is 10.2. The fraction of sp³-hybridized carbons (Fsp3) is 0.0714. The van der Waals surface area contributed by atoms with Crippen molar-refractivity contribution >= 4 is 35.0 Å². The second-order valence-electron chi connectivity index (χ2n) is 4.01. The van der Waals surface area contributed by atoms with E-state index in [1.54, 1.807) is 36.7 Å². The molecule has 20 heavy (non-hydrogen) atoms. The van der Waals surface area contributed by atoms with Crippen LogP contribution in [0.25, 0.3) is 6.08 Å². The maximum absolute atomic E-state index is 12.0. The van der Waals surface area contributed by atoms with Crippen molar-refractivity contribution in [2.45, 2.75) is 6.92 Å².